The summed E-state index contributed by atoms with van der Waals surface area (Å²) in [5.74, 6) is 0.563. The molecule has 0 aromatic heterocycles. The lowest BCUT2D eigenvalue weighted by molar-refractivity contribution is -0.150. The quantitative estimate of drug-likeness (QED) is 0.606. The zero-order valence-electron chi connectivity index (χ0n) is 8.22. The fraction of sp³-hybridized carbons (Fsp3) is 0.900. The number of carbonyl (C=O) groups is 1. The van der Waals surface area contributed by atoms with Gasteiger partial charge in [-0.2, -0.15) is 0 Å². The van der Waals surface area contributed by atoms with E-state index in [-0.39, 0.29) is 11.6 Å². The van der Waals surface area contributed by atoms with Gasteiger partial charge in [-0.05, 0) is 32.1 Å². The summed E-state index contributed by atoms with van der Waals surface area (Å²) in [7, 11) is 0. The molecule has 0 amide bonds. The molecule has 0 aromatic carbocycles. The lowest BCUT2D eigenvalue weighted by Gasteiger charge is -2.11. The van der Waals surface area contributed by atoms with E-state index in [0.29, 0.717) is 12.3 Å². The molecule has 12 heavy (non-hydrogen) atoms. The normalized spacial score (nSPS) is 19.3. The van der Waals surface area contributed by atoms with E-state index in [1.54, 1.807) is 0 Å². The van der Waals surface area contributed by atoms with Crippen LogP contribution in [0.2, 0.25) is 0 Å². The molecule has 70 valence electrons. The summed E-state index contributed by atoms with van der Waals surface area (Å²) in [6, 6.07) is 0. The van der Waals surface area contributed by atoms with E-state index >= 15 is 0 Å². The number of ether oxygens (including phenoxy) is 1. The Kier molecular flexibility index (Phi) is 2.76. The number of esters is 1. The lowest BCUT2D eigenvalue weighted by Crippen LogP contribution is -2.15. The third-order valence-corrected chi connectivity index (χ3v) is 2.24. The van der Waals surface area contributed by atoms with Gasteiger partial charge in [-0.1, -0.05) is 13.8 Å². The largest absolute Gasteiger partial charge is 0.459 e. The van der Waals surface area contributed by atoms with Crippen LogP contribution < -0.4 is 0 Å². The smallest absolute Gasteiger partial charge is 0.306 e. The third kappa shape index (κ3) is 3.24. The van der Waals surface area contributed by atoms with E-state index in [0.717, 1.165) is 19.3 Å². The highest BCUT2D eigenvalue weighted by atomic mass is 16.6. The first-order valence-corrected chi connectivity index (χ1v) is 4.74. The Hall–Kier alpha value is -0.530. The van der Waals surface area contributed by atoms with Crippen molar-refractivity contribution in [1.82, 2.24) is 0 Å². The number of carbonyl (C=O) groups excluding carboxylic acids is 1. The first kappa shape index (κ1) is 9.56. The SMILES string of the molecule is CC(C)CCC(=O)OC1(C)CC1. The molecule has 2 nitrogen and oxygen atoms in total. The van der Waals surface area contributed by atoms with Crippen molar-refractivity contribution in [3.05, 3.63) is 0 Å². The van der Waals surface area contributed by atoms with Crippen LogP contribution in [0, 0.1) is 5.92 Å². The molecule has 0 heterocycles. The molecule has 0 aromatic rings. The Bertz CT molecular complexity index is 169. The fourth-order valence-electron chi connectivity index (χ4n) is 1.01. The van der Waals surface area contributed by atoms with Crippen LogP contribution in [0.4, 0.5) is 0 Å². The molecule has 0 spiro atoms. The molecule has 0 N–H and O–H groups in total. The molecule has 1 fully saturated rings. The molecular weight excluding hydrogens is 152 g/mol. The highest BCUT2D eigenvalue weighted by Gasteiger charge is 2.41. The molecule has 0 aliphatic heterocycles. The first-order chi connectivity index (χ1) is 5.52. The molecule has 1 aliphatic rings. The van der Waals surface area contributed by atoms with Gasteiger partial charge >= 0.3 is 5.97 Å². The average Bonchev–Trinajstić information content (AvgIpc) is 2.64. The molecular formula is C10H18O2. The summed E-state index contributed by atoms with van der Waals surface area (Å²) in [6.07, 6.45) is 3.60. The summed E-state index contributed by atoms with van der Waals surface area (Å²) < 4.78 is 5.26. The Morgan fingerprint density at radius 1 is 1.50 bits per heavy atom. The Morgan fingerprint density at radius 3 is 2.50 bits per heavy atom. The maximum Gasteiger partial charge on any atom is 0.306 e. The average molecular weight is 170 g/mol. The van der Waals surface area contributed by atoms with E-state index in [9.17, 15) is 4.79 Å². The van der Waals surface area contributed by atoms with Gasteiger partial charge in [0.15, 0.2) is 0 Å². The summed E-state index contributed by atoms with van der Waals surface area (Å²) in [5, 5.41) is 0. The van der Waals surface area contributed by atoms with Gasteiger partial charge in [0.1, 0.15) is 5.60 Å². The van der Waals surface area contributed by atoms with Gasteiger partial charge in [-0.3, -0.25) is 4.79 Å². The second-order valence-corrected chi connectivity index (χ2v) is 4.36. The van der Waals surface area contributed by atoms with Crippen molar-refractivity contribution in [3.8, 4) is 0 Å². The summed E-state index contributed by atoms with van der Waals surface area (Å²) in [5.41, 5.74) is -0.0892. The fourth-order valence-corrected chi connectivity index (χ4v) is 1.01. The zero-order valence-corrected chi connectivity index (χ0v) is 8.22. The number of hydrogen-bond acceptors (Lipinski definition) is 2. The third-order valence-electron chi connectivity index (χ3n) is 2.24. The Morgan fingerprint density at radius 2 is 2.08 bits per heavy atom. The highest BCUT2D eigenvalue weighted by Crippen LogP contribution is 2.39. The molecule has 0 radical (unpaired) electrons. The van der Waals surface area contributed by atoms with Crippen LogP contribution in [0.3, 0.4) is 0 Å². The number of hydrogen-bond donors (Lipinski definition) is 0. The van der Waals surface area contributed by atoms with E-state index in [4.69, 9.17) is 4.74 Å². The van der Waals surface area contributed by atoms with E-state index < -0.39 is 0 Å². The zero-order chi connectivity index (χ0) is 9.19. The van der Waals surface area contributed by atoms with Crippen LogP contribution in [0.15, 0.2) is 0 Å². The molecule has 2 heteroatoms. The van der Waals surface area contributed by atoms with Crippen molar-refractivity contribution in [2.24, 2.45) is 5.92 Å². The van der Waals surface area contributed by atoms with Crippen LogP contribution in [-0.2, 0) is 9.53 Å². The molecule has 0 unspecified atom stereocenters. The maximum atomic E-state index is 11.2. The first-order valence-electron chi connectivity index (χ1n) is 4.74. The lowest BCUT2D eigenvalue weighted by atomic mass is 10.1. The van der Waals surface area contributed by atoms with Crippen molar-refractivity contribution in [2.75, 3.05) is 0 Å². The predicted octanol–water partition coefficient (Wildman–Crippen LogP) is 2.52. The van der Waals surface area contributed by atoms with E-state index in [1.165, 1.54) is 0 Å². The molecule has 0 atom stereocenters. The van der Waals surface area contributed by atoms with Gasteiger partial charge < -0.3 is 4.74 Å². The van der Waals surface area contributed by atoms with Crippen molar-refractivity contribution in [1.29, 1.82) is 0 Å². The predicted molar refractivity (Wildman–Crippen MR) is 47.8 cm³/mol. The van der Waals surface area contributed by atoms with Crippen molar-refractivity contribution >= 4 is 5.97 Å². The van der Waals surface area contributed by atoms with Crippen LogP contribution in [0.5, 0.6) is 0 Å². The van der Waals surface area contributed by atoms with E-state index in [2.05, 4.69) is 13.8 Å². The summed E-state index contributed by atoms with van der Waals surface area (Å²) in [4.78, 5) is 11.2. The van der Waals surface area contributed by atoms with Crippen LogP contribution in [-0.4, -0.2) is 11.6 Å². The maximum absolute atomic E-state index is 11.2. The Balaban J connectivity index is 2.12. The van der Waals surface area contributed by atoms with Gasteiger partial charge in [0.05, 0.1) is 0 Å². The second kappa shape index (κ2) is 3.46. The highest BCUT2D eigenvalue weighted by molar-refractivity contribution is 5.70. The second-order valence-electron chi connectivity index (χ2n) is 4.36. The number of rotatable bonds is 4. The molecule has 0 bridgehead atoms. The van der Waals surface area contributed by atoms with Gasteiger partial charge in [0.25, 0.3) is 0 Å². The van der Waals surface area contributed by atoms with Crippen LogP contribution >= 0.6 is 0 Å². The van der Waals surface area contributed by atoms with Crippen LogP contribution in [0.25, 0.3) is 0 Å². The molecule has 1 rings (SSSR count). The topological polar surface area (TPSA) is 26.3 Å². The summed E-state index contributed by atoms with van der Waals surface area (Å²) in [6.45, 7) is 6.23. The van der Waals surface area contributed by atoms with Crippen LogP contribution in [0.1, 0.15) is 46.5 Å². The molecule has 0 saturated heterocycles. The summed E-state index contributed by atoms with van der Waals surface area (Å²) >= 11 is 0. The van der Waals surface area contributed by atoms with Gasteiger partial charge in [0, 0.05) is 6.42 Å². The monoisotopic (exact) mass is 170 g/mol. The standard InChI is InChI=1S/C10H18O2/c1-8(2)4-5-9(11)12-10(3)6-7-10/h8H,4-7H2,1-3H3. The minimum Gasteiger partial charge on any atom is -0.459 e. The Labute approximate surface area is 74.3 Å². The molecule has 1 aliphatic carbocycles. The van der Waals surface area contributed by atoms with Crippen molar-refractivity contribution in [3.63, 3.8) is 0 Å². The van der Waals surface area contributed by atoms with Gasteiger partial charge in [0.2, 0.25) is 0 Å². The van der Waals surface area contributed by atoms with Gasteiger partial charge in [-0.25, -0.2) is 0 Å². The molecule has 1 saturated carbocycles. The minimum atomic E-state index is -0.0892. The van der Waals surface area contributed by atoms with Crippen molar-refractivity contribution < 1.29 is 9.53 Å². The minimum absolute atomic E-state index is 0.0244. The van der Waals surface area contributed by atoms with E-state index in [1.807, 2.05) is 6.92 Å². The van der Waals surface area contributed by atoms with Crippen molar-refractivity contribution in [2.45, 2.75) is 52.1 Å². The van der Waals surface area contributed by atoms with Gasteiger partial charge in [-0.15, -0.1) is 0 Å².